The molecule has 0 saturated heterocycles. The molecule has 1 aliphatic rings. The number of hydrogen-bond acceptors (Lipinski definition) is 6. The minimum absolute atomic E-state index is 0.0439. The molecule has 1 saturated carbocycles. The van der Waals surface area contributed by atoms with E-state index in [1.165, 1.54) is 17.9 Å². The molecule has 0 atom stereocenters. The average molecular weight is 641 g/mol. The van der Waals surface area contributed by atoms with Crippen molar-refractivity contribution in [2.24, 2.45) is 11.8 Å². The first-order chi connectivity index (χ1) is 21.0. The monoisotopic (exact) mass is 640 g/mol. The molecule has 0 radical (unpaired) electrons. The summed E-state index contributed by atoms with van der Waals surface area (Å²) in [4.78, 5) is 18.9. The summed E-state index contributed by atoms with van der Waals surface area (Å²) in [5, 5.41) is 13.1. The molecular weight excluding hydrogens is 602 g/mol. The predicted molar refractivity (Wildman–Crippen MR) is 157 cm³/mol. The highest BCUT2D eigenvalue weighted by molar-refractivity contribution is 5.67. The molecular formula is C32H38F6N4O3. The molecule has 3 aromatic rings. The molecule has 2 aromatic carbocycles. The first-order valence-corrected chi connectivity index (χ1v) is 14.9. The zero-order valence-electron chi connectivity index (χ0n) is 25.7. The van der Waals surface area contributed by atoms with Crippen molar-refractivity contribution in [2.75, 3.05) is 22.9 Å². The molecule has 0 amide bonds. The van der Waals surface area contributed by atoms with Gasteiger partial charge in [-0.25, -0.2) is 0 Å². The Balaban J connectivity index is 1.71. The number of carboxylic acid groups (broad SMARTS) is 1. The summed E-state index contributed by atoms with van der Waals surface area (Å²) in [6, 6.07) is 6.27. The topological polar surface area (TPSA) is 82.7 Å². The van der Waals surface area contributed by atoms with Gasteiger partial charge < -0.3 is 19.4 Å². The number of aryl methyl sites for hydroxylation is 3. The summed E-state index contributed by atoms with van der Waals surface area (Å²) in [5.74, 6) is -0.231. The Labute approximate surface area is 258 Å². The fraction of sp³-hybridized carbons (Fsp3) is 0.531. The summed E-state index contributed by atoms with van der Waals surface area (Å²) in [6.07, 6.45) is -5.90. The van der Waals surface area contributed by atoms with Crippen LogP contribution in [0.1, 0.15) is 78.3 Å². The number of anilines is 2. The van der Waals surface area contributed by atoms with Crippen LogP contribution in [0.2, 0.25) is 0 Å². The second-order valence-electron chi connectivity index (χ2n) is 12.0. The maximum Gasteiger partial charge on any atom is 0.416 e. The van der Waals surface area contributed by atoms with Gasteiger partial charge in [0.2, 0.25) is 5.89 Å². The first-order valence-electron chi connectivity index (χ1n) is 14.9. The predicted octanol–water partition coefficient (Wildman–Crippen LogP) is 8.35. The molecule has 13 heteroatoms. The van der Waals surface area contributed by atoms with Crippen LogP contribution in [0.5, 0.6) is 0 Å². The van der Waals surface area contributed by atoms with E-state index in [4.69, 9.17) is 9.63 Å². The van der Waals surface area contributed by atoms with E-state index >= 15 is 0 Å². The van der Waals surface area contributed by atoms with Gasteiger partial charge in [-0.1, -0.05) is 11.6 Å². The molecule has 0 unspecified atom stereocenters. The highest BCUT2D eigenvalue weighted by Gasteiger charge is 2.35. The van der Waals surface area contributed by atoms with Gasteiger partial charge in [-0.2, -0.15) is 31.3 Å². The van der Waals surface area contributed by atoms with E-state index in [0.717, 1.165) is 43.9 Å². The normalized spacial score (nSPS) is 17.4. The van der Waals surface area contributed by atoms with Crippen LogP contribution in [0.15, 0.2) is 34.9 Å². The number of hydrogen-bond donors (Lipinski definition) is 1. The molecule has 1 heterocycles. The third kappa shape index (κ3) is 8.91. The Hall–Kier alpha value is -3.77. The number of nitrogens with zero attached hydrogens (tertiary/aromatic N) is 4. The van der Waals surface area contributed by atoms with Crippen molar-refractivity contribution >= 4 is 17.6 Å². The van der Waals surface area contributed by atoms with Crippen molar-refractivity contribution < 1.29 is 40.8 Å². The fourth-order valence-electron chi connectivity index (χ4n) is 6.20. The Kier molecular flexibility index (Phi) is 10.4. The zero-order chi connectivity index (χ0) is 33.1. The lowest BCUT2D eigenvalue weighted by molar-refractivity contribution is -0.139. The van der Waals surface area contributed by atoms with Gasteiger partial charge in [0.15, 0.2) is 0 Å². The third-order valence-corrected chi connectivity index (χ3v) is 8.36. The first kappa shape index (κ1) is 34.1. The summed E-state index contributed by atoms with van der Waals surface area (Å²) < 4.78 is 88.4. The number of carboxylic acids is 1. The number of halogens is 6. The highest BCUT2D eigenvalue weighted by Crippen LogP contribution is 2.39. The number of alkyl halides is 6. The van der Waals surface area contributed by atoms with Gasteiger partial charge in [-0.05, 0) is 104 Å². The molecule has 45 heavy (non-hydrogen) atoms. The van der Waals surface area contributed by atoms with E-state index in [0.29, 0.717) is 35.5 Å². The Morgan fingerprint density at radius 1 is 0.911 bits per heavy atom. The molecule has 1 fully saturated rings. The largest absolute Gasteiger partial charge is 0.481 e. The molecule has 1 aliphatic carbocycles. The molecule has 0 spiro atoms. The minimum Gasteiger partial charge on any atom is -0.481 e. The van der Waals surface area contributed by atoms with Gasteiger partial charge in [-0.15, -0.1) is 0 Å². The van der Waals surface area contributed by atoms with Gasteiger partial charge in [-0.3, -0.25) is 4.79 Å². The zero-order valence-corrected chi connectivity index (χ0v) is 25.7. The summed E-state index contributed by atoms with van der Waals surface area (Å²) in [5.41, 5.74) is 0.00884. The lowest BCUT2D eigenvalue weighted by Crippen LogP contribution is -2.33. The van der Waals surface area contributed by atoms with Crippen LogP contribution in [0.25, 0.3) is 0 Å². The van der Waals surface area contributed by atoms with Crippen molar-refractivity contribution in [3.8, 4) is 0 Å². The van der Waals surface area contributed by atoms with Crippen molar-refractivity contribution in [3.05, 3.63) is 69.6 Å². The van der Waals surface area contributed by atoms with Gasteiger partial charge in [0.1, 0.15) is 0 Å². The summed E-state index contributed by atoms with van der Waals surface area (Å²) in [6.45, 7) is 7.25. The summed E-state index contributed by atoms with van der Waals surface area (Å²) in [7, 11) is 0. The Morgan fingerprint density at radius 2 is 1.58 bits per heavy atom. The SMILES string of the molecule is CCN(C[C@H]1CC[C@H](CC(=O)O)CC1)c1cc(C)c(C(F)(F)F)cc1CN(Cc1cc(C)cc(C(F)(F)F)c1)c1noc(C)n1. The molecule has 4 rings (SSSR count). The number of carbonyl (C=O) groups is 1. The Morgan fingerprint density at radius 3 is 2.13 bits per heavy atom. The molecule has 7 nitrogen and oxygen atoms in total. The lowest BCUT2D eigenvalue weighted by atomic mass is 9.80. The van der Waals surface area contributed by atoms with Crippen molar-refractivity contribution in [2.45, 2.75) is 85.2 Å². The van der Waals surface area contributed by atoms with Crippen molar-refractivity contribution in [1.82, 2.24) is 10.1 Å². The number of benzene rings is 2. The lowest BCUT2D eigenvalue weighted by Gasteiger charge is -2.35. The van der Waals surface area contributed by atoms with E-state index in [1.807, 2.05) is 11.8 Å². The smallest absolute Gasteiger partial charge is 0.416 e. The van der Waals surface area contributed by atoms with Crippen molar-refractivity contribution in [3.63, 3.8) is 0 Å². The number of aromatic nitrogens is 2. The summed E-state index contributed by atoms with van der Waals surface area (Å²) >= 11 is 0. The van der Waals surface area contributed by atoms with Gasteiger partial charge in [0.05, 0.1) is 11.1 Å². The van der Waals surface area contributed by atoms with Crippen LogP contribution < -0.4 is 9.80 Å². The van der Waals surface area contributed by atoms with Gasteiger partial charge >= 0.3 is 18.3 Å². The maximum absolute atomic E-state index is 14.1. The van der Waals surface area contributed by atoms with Crippen LogP contribution in [0.3, 0.4) is 0 Å². The average Bonchev–Trinajstić information content (AvgIpc) is 3.37. The van der Waals surface area contributed by atoms with Crippen molar-refractivity contribution in [1.29, 1.82) is 0 Å². The quantitative estimate of drug-likeness (QED) is 0.211. The number of aliphatic carboxylic acids is 1. The van der Waals surface area contributed by atoms with Crippen LogP contribution in [-0.4, -0.2) is 34.3 Å². The van der Waals surface area contributed by atoms with E-state index < -0.39 is 29.4 Å². The Bertz CT molecular complexity index is 1480. The molecule has 0 bridgehead atoms. The molecule has 1 aromatic heterocycles. The molecule has 246 valence electrons. The maximum atomic E-state index is 14.1. The van der Waals surface area contributed by atoms with E-state index in [-0.39, 0.29) is 48.7 Å². The van der Waals surface area contributed by atoms with Crippen LogP contribution in [-0.2, 0) is 30.2 Å². The molecule has 1 N–H and O–H groups in total. The standard InChI is InChI=1S/C32H38F6N4O3/c1-5-41(16-23-8-6-22(7-9-23)14-29(43)44)28-12-20(3)27(32(36,37)38)15-25(28)18-42(30-39-21(4)45-40-30)17-24-10-19(2)11-26(13-24)31(33,34)35/h10-13,15,22-23H,5-9,14,16-18H2,1-4H3,(H,43,44)/t22-,23-. The second kappa shape index (κ2) is 13.7. The molecule has 0 aliphatic heterocycles. The second-order valence-corrected chi connectivity index (χ2v) is 12.0. The van der Waals surface area contributed by atoms with E-state index in [2.05, 4.69) is 10.1 Å². The van der Waals surface area contributed by atoms with Gasteiger partial charge in [0, 0.05) is 45.2 Å². The highest BCUT2D eigenvalue weighted by atomic mass is 19.4. The van der Waals surface area contributed by atoms with Crippen LogP contribution in [0.4, 0.5) is 38.0 Å². The fourth-order valence-corrected chi connectivity index (χ4v) is 6.20. The van der Waals surface area contributed by atoms with E-state index in [1.54, 1.807) is 19.9 Å². The number of rotatable bonds is 11. The van der Waals surface area contributed by atoms with Gasteiger partial charge in [0.25, 0.3) is 5.95 Å². The van der Waals surface area contributed by atoms with Crippen LogP contribution >= 0.6 is 0 Å². The minimum atomic E-state index is -4.62. The third-order valence-electron chi connectivity index (χ3n) is 8.36. The van der Waals surface area contributed by atoms with E-state index in [9.17, 15) is 31.1 Å². The van der Waals surface area contributed by atoms with Crippen LogP contribution in [0, 0.1) is 32.6 Å².